The van der Waals surface area contributed by atoms with Gasteiger partial charge in [-0.2, -0.15) is 0 Å². The first-order valence-corrected chi connectivity index (χ1v) is 11.2. The molecule has 0 bridgehead atoms. The lowest BCUT2D eigenvalue weighted by molar-refractivity contribution is 0.306. The zero-order chi connectivity index (χ0) is 22.4. The Labute approximate surface area is 190 Å². The monoisotopic (exact) mass is 426 g/mol. The maximum atomic E-state index is 5.92. The SMILES string of the molecule is CCC(C)(c1ccccc1)n1nnnc1C(C)Cc1ccc(OCc2ccccc2)cc1. The van der Waals surface area contributed by atoms with E-state index in [-0.39, 0.29) is 11.5 Å². The fourth-order valence-electron chi connectivity index (χ4n) is 4.03. The van der Waals surface area contributed by atoms with Gasteiger partial charge in [-0.1, -0.05) is 86.6 Å². The van der Waals surface area contributed by atoms with Crippen molar-refractivity contribution in [2.24, 2.45) is 0 Å². The van der Waals surface area contributed by atoms with Gasteiger partial charge in [0.05, 0.1) is 5.54 Å². The highest BCUT2D eigenvalue weighted by atomic mass is 16.5. The molecule has 0 saturated carbocycles. The summed E-state index contributed by atoms with van der Waals surface area (Å²) in [6.45, 7) is 7.13. The van der Waals surface area contributed by atoms with Gasteiger partial charge >= 0.3 is 0 Å². The molecule has 1 aromatic heterocycles. The van der Waals surface area contributed by atoms with Crippen LogP contribution >= 0.6 is 0 Å². The highest BCUT2D eigenvalue weighted by Crippen LogP contribution is 2.32. The number of hydrogen-bond donors (Lipinski definition) is 0. The number of aromatic nitrogens is 4. The predicted molar refractivity (Wildman–Crippen MR) is 127 cm³/mol. The summed E-state index contributed by atoms with van der Waals surface area (Å²) < 4.78 is 7.92. The summed E-state index contributed by atoms with van der Waals surface area (Å²) in [5, 5.41) is 12.8. The molecule has 0 fully saturated rings. The second kappa shape index (κ2) is 9.77. The topological polar surface area (TPSA) is 52.8 Å². The number of hydrogen-bond acceptors (Lipinski definition) is 4. The number of tetrazole rings is 1. The van der Waals surface area contributed by atoms with Gasteiger partial charge in [0, 0.05) is 5.92 Å². The number of rotatable bonds is 9. The average molecular weight is 427 g/mol. The van der Waals surface area contributed by atoms with Crippen LogP contribution < -0.4 is 4.74 Å². The van der Waals surface area contributed by atoms with E-state index in [1.807, 2.05) is 41.1 Å². The van der Waals surface area contributed by atoms with Gasteiger partial charge in [0.2, 0.25) is 0 Å². The zero-order valence-electron chi connectivity index (χ0n) is 19.0. The first kappa shape index (κ1) is 21.8. The van der Waals surface area contributed by atoms with Crippen LogP contribution in [0.1, 0.15) is 55.6 Å². The molecular formula is C27H30N4O. The van der Waals surface area contributed by atoms with Crippen molar-refractivity contribution in [2.75, 3.05) is 0 Å². The third-order valence-electron chi connectivity index (χ3n) is 6.20. The minimum Gasteiger partial charge on any atom is -0.489 e. The molecule has 0 aliphatic heterocycles. The van der Waals surface area contributed by atoms with Gasteiger partial charge in [0.25, 0.3) is 0 Å². The van der Waals surface area contributed by atoms with Crippen LogP contribution in [0.3, 0.4) is 0 Å². The molecule has 1 heterocycles. The number of nitrogens with zero attached hydrogens (tertiary/aromatic N) is 4. The Morgan fingerprint density at radius 2 is 1.53 bits per heavy atom. The summed E-state index contributed by atoms with van der Waals surface area (Å²) in [5.41, 5.74) is 3.32. The van der Waals surface area contributed by atoms with Crippen molar-refractivity contribution < 1.29 is 4.74 Å². The highest BCUT2D eigenvalue weighted by Gasteiger charge is 2.32. The van der Waals surface area contributed by atoms with Crippen molar-refractivity contribution in [1.82, 2.24) is 20.2 Å². The van der Waals surface area contributed by atoms with E-state index in [9.17, 15) is 0 Å². The summed E-state index contributed by atoms with van der Waals surface area (Å²) in [6, 6.07) is 29.0. The van der Waals surface area contributed by atoms with Gasteiger partial charge in [-0.3, -0.25) is 0 Å². The summed E-state index contributed by atoms with van der Waals surface area (Å²) in [4.78, 5) is 0. The molecule has 0 amide bonds. The van der Waals surface area contributed by atoms with Gasteiger partial charge in [0.15, 0.2) is 5.82 Å². The maximum Gasteiger partial charge on any atom is 0.155 e. The molecule has 0 aliphatic rings. The molecule has 5 heteroatoms. The maximum absolute atomic E-state index is 5.92. The van der Waals surface area contributed by atoms with Gasteiger partial charge in [-0.05, 0) is 59.0 Å². The summed E-state index contributed by atoms with van der Waals surface area (Å²) in [6.07, 6.45) is 1.75. The van der Waals surface area contributed by atoms with Crippen LogP contribution in [-0.4, -0.2) is 20.2 Å². The molecule has 2 atom stereocenters. The van der Waals surface area contributed by atoms with E-state index in [0.29, 0.717) is 6.61 Å². The Morgan fingerprint density at radius 3 is 2.19 bits per heavy atom. The van der Waals surface area contributed by atoms with Crippen molar-refractivity contribution in [2.45, 2.75) is 51.7 Å². The van der Waals surface area contributed by atoms with Crippen molar-refractivity contribution in [3.8, 4) is 5.75 Å². The molecule has 0 N–H and O–H groups in total. The molecule has 0 aliphatic carbocycles. The smallest absolute Gasteiger partial charge is 0.155 e. The average Bonchev–Trinajstić information content (AvgIpc) is 3.35. The van der Waals surface area contributed by atoms with Crippen LogP contribution in [0.4, 0.5) is 0 Å². The normalized spacial score (nSPS) is 14.0. The fourth-order valence-corrected chi connectivity index (χ4v) is 4.03. The molecule has 3 aromatic carbocycles. The van der Waals surface area contributed by atoms with Crippen LogP contribution in [0.2, 0.25) is 0 Å². The van der Waals surface area contributed by atoms with Gasteiger partial charge in [-0.25, -0.2) is 4.68 Å². The van der Waals surface area contributed by atoms with Gasteiger partial charge in [-0.15, -0.1) is 5.10 Å². The molecule has 0 spiro atoms. The van der Waals surface area contributed by atoms with E-state index >= 15 is 0 Å². The minimum absolute atomic E-state index is 0.177. The van der Waals surface area contributed by atoms with Crippen molar-refractivity contribution in [3.05, 3.63) is 107 Å². The number of ether oxygens (including phenoxy) is 1. The van der Waals surface area contributed by atoms with E-state index in [2.05, 4.69) is 84.8 Å². The molecular weight excluding hydrogens is 396 g/mol. The van der Waals surface area contributed by atoms with E-state index in [1.54, 1.807) is 0 Å². The standard InChI is InChI=1S/C27H30N4O/c1-4-27(3,24-13-9-6-10-14-24)31-26(28-29-30-31)21(2)19-22-15-17-25(18-16-22)32-20-23-11-7-5-8-12-23/h5-18,21H,4,19-20H2,1-3H3. The second-order valence-electron chi connectivity index (χ2n) is 8.47. The van der Waals surface area contributed by atoms with Gasteiger partial charge in [0.1, 0.15) is 12.4 Å². The molecule has 2 unspecified atom stereocenters. The van der Waals surface area contributed by atoms with Crippen molar-refractivity contribution in [1.29, 1.82) is 0 Å². The molecule has 4 aromatic rings. The van der Waals surface area contributed by atoms with Crippen LogP contribution in [-0.2, 0) is 18.6 Å². The first-order chi connectivity index (χ1) is 15.6. The summed E-state index contributed by atoms with van der Waals surface area (Å²) in [5.74, 6) is 1.95. The van der Waals surface area contributed by atoms with E-state index < -0.39 is 0 Å². The Morgan fingerprint density at radius 1 is 0.875 bits per heavy atom. The van der Waals surface area contributed by atoms with E-state index in [4.69, 9.17) is 4.74 Å². The third-order valence-corrected chi connectivity index (χ3v) is 6.20. The fraction of sp³-hybridized carbons (Fsp3) is 0.296. The lowest BCUT2D eigenvalue weighted by Gasteiger charge is -2.31. The molecule has 0 saturated heterocycles. The Balaban J connectivity index is 1.46. The largest absolute Gasteiger partial charge is 0.489 e. The Kier molecular flexibility index (Phi) is 6.64. The van der Waals surface area contributed by atoms with Crippen LogP contribution in [0.15, 0.2) is 84.9 Å². The van der Waals surface area contributed by atoms with Crippen LogP contribution in [0, 0.1) is 0 Å². The summed E-state index contributed by atoms with van der Waals surface area (Å²) in [7, 11) is 0. The minimum atomic E-state index is -0.288. The number of benzene rings is 3. The van der Waals surface area contributed by atoms with Gasteiger partial charge < -0.3 is 4.74 Å². The second-order valence-corrected chi connectivity index (χ2v) is 8.47. The highest BCUT2D eigenvalue weighted by molar-refractivity contribution is 5.29. The van der Waals surface area contributed by atoms with Crippen LogP contribution in [0.5, 0.6) is 5.75 Å². The Hall–Kier alpha value is -3.47. The first-order valence-electron chi connectivity index (χ1n) is 11.2. The van der Waals surface area contributed by atoms with E-state index in [0.717, 1.165) is 30.0 Å². The van der Waals surface area contributed by atoms with E-state index in [1.165, 1.54) is 11.1 Å². The quantitative estimate of drug-likeness (QED) is 0.341. The molecule has 5 nitrogen and oxygen atoms in total. The third kappa shape index (κ3) is 4.72. The van der Waals surface area contributed by atoms with Crippen molar-refractivity contribution >= 4 is 0 Å². The van der Waals surface area contributed by atoms with Crippen LogP contribution in [0.25, 0.3) is 0 Å². The predicted octanol–water partition coefficient (Wildman–Crippen LogP) is 5.77. The Bertz CT molecular complexity index is 1110. The van der Waals surface area contributed by atoms with Crippen molar-refractivity contribution in [3.63, 3.8) is 0 Å². The summed E-state index contributed by atoms with van der Waals surface area (Å²) >= 11 is 0. The molecule has 164 valence electrons. The molecule has 0 radical (unpaired) electrons. The lowest BCUT2D eigenvalue weighted by atomic mass is 9.88. The zero-order valence-corrected chi connectivity index (χ0v) is 19.0. The molecule has 32 heavy (non-hydrogen) atoms. The lowest BCUT2D eigenvalue weighted by Crippen LogP contribution is -2.34. The molecule has 4 rings (SSSR count).